The van der Waals surface area contributed by atoms with Gasteiger partial charge >= 0.3 is 7.12 Å². The molecule has 0 radical (unpaired) electrons. The van der Waals surface area contributed by atoms with E-state index < -0.39 is 7.12 Å². The average molecular weight is 156 g/mol. The molecule has 0 aliphatic carbocycles. The van der Waals surface area contributed by atoms with Crippen molar-refractivity contribution >= 4 is 12.6 Å². The van der Waals surface area contributed by atoms with E-state index in [-0.39, 0.29) is 0 Å². The van der Waals surface area contributed by atoms with Gasteiger partial charge in [-0.05, 0) is 0 Å². The first-order chi connectivity index (χ1) is 5.24. The Morgan fingerprint density at radius 1 is 1.73 bits per heavy atom. The molecule has 0 aromatic carbocycles. The van der Waals surface area contributed by atoms with Crippen LogP contribution in [-0.2, 0) is 11.5 Å². The summed E-state index contributed by atoms with van der Waals surface area (Å²) in [6.45, 7) is 0.312. The van der Waals surface area contributed by atoms with Crippen LogP contribution in [0, 0.1) is 0 Å². The lowest BCUT2D eigenvalue weighted by atomic mass is 9.83. The Hall–Kier alpha value is -0.845. The highest BCUT2D eigenvalue weighted by Gasteiger charge is 2.12. The fourth-order valence-electron chi connectivity index (χ4n) is 0.716. The molecule has 0 unspecified atom stereocenters. The van der Waals surface area contributed by atoms with Gasteiger partial charge < -0.3 is 14.8 Å². The number of hydrogen-bond donors (Lipinski definition) is 2. The summed E-state index contributed by atoms with van der Waals surface area (Å²) in [5, 5.41) is 21.1. The molecule has 6 heteroatoms. The molecular weight excluding hydrogens is 147 g/mol. The van der Waals surface area contributed by atoms with Gasteiger partial charge in [0.1, 0.15) is 6.73 Å². The monoisotopic (exact) mass is 156 g/mol. The van der Waals surface area contributed by atoms with Crippen LogP contribution in [0.4, 0.5) is 0 Å². The maximum Gasteiger partial charge on any atom is 0.491 e. The Bertz CT molecular complexity index is 225. The molecule has 0 aliphatic heterocycles. The number of nitrogens with zero attached hydrogens (tertiary/aromatic N) is 2. The van der Waals surface area contributed by atoms with Crippen molar-refractivity contribution in [1.29, 1.82) is 0 Å². The van der Waals surface area contributed by atoms with Crippen LogP contribution in [0.3, 0.4) is 0 Å². The first-order valence-electron chi connectivity index (χ1n) is 3.11. The van der Waals surface area contributed by atoms with Crippen LogP contribution >= 0.6 is 0 Å². The van der Waals surface area contributed by atoms with Crippen molar-refractivity contribution in [3.8, 4) is 0 Å². The van der Waals surface area contributed by atoms with Gasteiger partial charge in [0, 0.05) is 25.0 Å². The fourth-order valence-corrected chi connectivity index (χ4v) is 0.716. The molecule has 0 bridgehead atoms. The second kappa shape index (κ2) is 3.52. The lowest BCUT2D eigenvalue weighted by molar-refractivity contribution is 0.120. The normalized spacial score (nSPS) is 10.1. The second-order valence-electron chi connectivity index (χ2n) is 2.10. The zero-order valence-corrected chi connectivity index (χ0v) is 6.14. The summed E-state index contributed by atoms with van der Waals surface area (Å²) in [6, 6.07) is 0. The van der Waals surface area contributed by atoms with E-state index in [4.69, 9.17) is 14.8 Å². The van der Waals surface area contributed by atoms with Gasteiger partial charge in [0.25, 0.3) is 0 Å². The van der Waals surface area contributed by atoms with Crippen LogP contribution in [-0.4, -0.2) is 34.1 Å². The first-order valence-corrected chi connectivity index (χ1v) is 3.11. The zero-order valence-electron chi connectivity index (χ0n) is 6.14. The predicted octanol–water partition coefficient (Wildman–Crippen LogP) is -1.83. The summed E-state index contributed by atoms with van der Waals surface area (Å²) in [7, 11) is 0.0806. The number of hydrogen-bond acceptors (Lipinski definition) is 4. The Morgan fingerprint density at radius 3 is 2.91 bits per heavy atom. The molecule has 0 spiro atoms. The van der Waals surface area contributed by atoms with Crippen molar-refractivity contribution in [2.75, 3.05) is 7.11 Å². The molecule has 1 heterocycles. The topological polar surface area (TPSA) is 67.5 Å². The van der Waals surface area contributed by atoms with Gasteiger partial charge in [0.2, 0.25) is 0 Å². The lowest BCUT2D eigenvalue weighted by Crippen LogP contribution is -2.28. The van der Waals surface area contributed by atoms with Crippen molar-refractivity contribution < 1.29 is 14.8 Å². The van der Waals surface area contributed by atoms with E-state index in [1.807, 2.05) is 0 Å². The van der Waals surface area contributed by atoms with Gasteiger partial charge in [-0.15, -0.1) is 0 Å². The molecule has 1 aromatic heterocycles. The largest absolute Gasteiger partial charge is 0.491 e. The van der Waals surface area contributed by atoms with Crippen molar-refractivity contribution in [2.45, 2.75) is 6.73 Å². The van der Waals surface area contributed by atoms with Gasteiger partial charge in [0.05, 0.1) is 0 Å². The third-order valence-electron chi connectivity index (χ3n) is 1.21. The van der Waals surface area contributed by atoms with Crippen molar-refractivity contribution in [3.05, 3.63) is 12.4 Å². The molecule has 60 valence electrons. The maximum absolute atomic E-state index is 8.67. The first kappa shape index (κ1) is 8.25. The SMILES string of the molecule is COCn1cc(B(O)O)cn1. The summed E-state index contributed by atoms with van der Waals surface area (Å²) < 4.78 is 6.23. The second-order valence-corrected chi connectivity index (χ2v) is 2.10. The number of methoxy groups -OCH3 is 1. The molecule has 0 amide bonds. The highest BCUT2D eigenvalue weighted by Crippen LogP contribution is 1.83. The van der Waals surface area contributed by atoms with E-state index in [1.165, 1.54) is 24.2 Å². The highest BCUT2D eigenvalue weighted by atomic mass is 16.5. The van der Waals surface area contributed by atoms with E-state index in [0.717, 1.165) is 0 Å². The molecule has 11 heavy (non-hydrogen) atoms. The smallest absolute Gasteiger partial charge is 0.423 e. The van der Waals surface area contributed by atoms with E-state index in [0.29, 0.717) is 12.2 Å². The van der Waals surface area contributed by atoms with E-state index in [9.17, 15) is 0 Å². The van der Waals surface area contributed by atoms with Crippen LogP contribution in [0.1, 0.15) is 0 Å². The number of ether oxygens (including phenoxy) is 1. The highest BCUT2D eigenvalue weighted by molar-refractivity contribution is 6.58. The maximum atomic E-state index is 8.67. The van der Waals surface area contributed by atoms with Gasteiger partial charge in [-0.25, -0.2) is 4.68 Å². The lowest BCUT2D eigenvalue weighted by Gasteiger charge is -1.95. The van der Waals surface area contributed by atoms with Gasteiger partial charge in [0.15, 0.2) is 0 Å². The van der Waals surface area contributed by atoms with Crippen molar-refractivity contribution in [1.82, 2.24) is 9.78 Å². The number of aromatic nitrogens is 2. The Kier molecular flexibility index (Phi) is 2.64. The standard InChI is InChI=1S/C5H9BN2O3/c1-11-4-8-3-5(2-7-8)6(9)10/h2-3,9-10H,4H2,1H3. The molecule has 2 N–H and O–H groups in total. The molecule has 0 atom stereocenters. The summed E-state index contributed by atoms with van der Waals surface area (Å²) in [5.41, 5.74) is 0.363. The van der Waals surface area contributed by atoms with Crippen LogP contribution in [0.5, 0.6) is 0 Å². The summed E-state index contributed by atoms with van der Waals surface area (Å²) in [4.78, 5) is 0. The predicted molar refractivity (Wildman–Crippen MR) is 39.1 cm³/mol. The van der Waals surface area contributed by atoms with Gasteiger partial charge in [-0.1, -0.05) is 0 Å². The fraction of sp³-hybridized carbons (Fsp3) is 0.400. The minimum atomic E-state index is -1.46. The van der Waals surface area contributed by atoms with Crippen LogP contribution in [0.15, 0.2) is 12.4 Å². The molecule has 0 aliphatic rings. The van der Waals surface area contributed by atoms with Gasteiger partial charge in [-0.3, -0.25) is 0 Å². The Balaban J connectivity index is 2.66. The van der Waals surface area contributed by atoms with Crippen LogP contribution in [0.2, 0.25) is 0 Å². The third-order valence-corrected chi connectivity index (χ3v) is 1.21. The molecule has 0 saturated heterocycles. The van der Waals surface area contributed by atoms with E-state index >= 15 is 0 Å². The third kappa shape index (κ3) is 2.04. The Morgan fingerprint density at radius 2 is 2.45 bits per heavy atom. The summed E-state index contributed by atoms with van der Waals surface area (Å²) in [6.07, 6.45) is 2.89. The zero-order chi connectivity index (χ0) is 8.27. The molecule has 5 nitrogen and oxygen atoms in total. The van der Waals surface area contributed by atoms with Crippen molar-refractivity contribution in [2.24, 2.45) is 0 Å². The van der Waals surface area contributed by atoms with Gasteiger partial charge in [-0.2, -0.15) is 5.10 Å². The molecule has 0 saturated carbocycles. The summed E-state index contributed by atoms with van der Waals surface area (Å²) >= 11 is 0. The van der Waals surface area contributed by atoms with Crippen LogP contribution in [0.25, 0.3) is 0 Å². The van der Waals surface area contributed by atoms with Crippen LogP contribution < -0.4 is 5.46 Å². The van der Waals surface area contributed by atoms with E-state index in [1.54, 1.807) is 0 Å². The quantitative estimate of drug-likeness (QED) is 0.505. The van der Waals surface area contributed by atoms with E-state index in [2.05, 4.69) is 5.10 Å². The summed E-state index contributed by atoms with van der Waals surface area (Å²) in [5.74, 6) is 0. The molecular formula is C5H9BN2O3. The molecule has 0 fully saturated rings. The minimum absolute atomic E-state index is 0.312. The molecule has 1 aromatic rings. The minimum Gasteiger partial charge on any atom is -0.423 e. The average Bonchev–Trinajstić information content (AvgIpc) is 2.37. The van der Waals surface area contributed by atoms with Crippen molar-refractivity contribution in [3.63, 3.8) is 0 Å². The number of rotatable bonds is 3. The Labute approximate surface area is 64.4 Å². The molecule has 1 rings (SSSR count).